The molecule has 278 valence electrons. The fourth-order valence-electron chi connectivity index (χ4n) is 7.17. The summed E-state index contributed by atoms with van der Waals surface area (Å²) < 4.78 is 11.4. The van der Waals surface area contributed by atoms with Gasteiger partial charge in [0.1, 0.15) is 24.4 Å². The van der Waals surface area contributed by atoms with Crippen molar-refractivity contribution in [1.29, 1.82) is 0 Å². The van der Waals surface area contributed by atoms with Crippen molar-refractivity contribution >= 4 is 23.9 Å². The van der Waals surface area contributed by atoms with Crippen LogP contribution in [0.2, 0.25) is 0 Å². The van der Waals surface area contributed by atoms with Crippen molar-refractivity contribution in [3.05, 3.63) is 101 Å². The molecule has 1 saturated heterocycles. The molecule has 3 unspecified atom stereocenters. The number of alkyl carbamates (subject to hydrolysis) is 1. The summed E-state index contributed by atoms with van der Waals surface area (Å²) in [7, 11) is 0. The number of nitrogens with one attached hydrogen (secondary N) is 4. The number of carboxylic acids is 1. The van der Waals surface area contributed by atoms with E-state index in [9.17, 15) is 24.3 Å². The van der Waals surface area contributed by atoms with Gasteiger partial charge in [0, 0.05) is 12.6 Å². The highest BCUT2D eigenvalue weighted by Gasteiger charge is 2.32. The molecule has 52 heavy (non-hydrogen) atoms. The average molecular weight is 713 g/mol. The van der Waals surface area contributed by atoms with Gasteiger partial charge in [0.05, 0.1) is 13.0 Å². The van der Waals surface area contributed by atoms with E-state index in [4.69, 9.17) is 9.47 Å². The number of benzene rings is 3. The summed E-state index contributed by atoms with van der Waals surface area (Å²) >= 11 is 0. The Morgan fingerprint density at radius 2 is 1.62 bits per heavy atom. The number of rotatable bonds is 17. The first-order valence-electron chi connectivity index (χ1n) is 18.5. The third-order valence-electron chi connectivity index (χ3n) is 10.2. The normalized spacial score (nSPS) is 19.3. The van der Waals surface area contributed by atoms with E-state index >= 15 is 0 Å². The Hall–Kier alpha value is -4.90. The predicted octanol–water partition coefficient (Wildman–Crippen LogP) is 5.44. The standard InChI is InChI=1S/C41H52N4O7/c1-28-16-18-34(51-21-20-31-22-32-14-8-9-15-35(32)42-25-31)23-33(28)26-43-39(48)36(19-17-29-10-4-2-5-11-29)44-40(49)37(24-38(46)47)45-41(50)52-27-30-12-6-3-7-13-30/h2-7,10-13,16,18,23,31-32,35-37,42H,8-9,14-15,17,19-22,24-27H2,1H3,(H,43,48)(H,44,49)(H,45,50)(H,46,47)/t31?,32?,35?,36-,37-/m0/s1. The molecule has 3 amide bonds. The molecule has 5 atom stereocenters. The Kier molecular flexibility index (Phi) is 14.5. The quantitative estimate of drug-likeness (QED) is 0.124. The lowest BCUT2D eigenvalue weighted by molar-refractivity contribution is -0.140. The van der Waals surface area contributed by atoms with E-state index in [2.05, 4.69) is 21.3 Å². The largest absolute Gasteiger partial charge is 0.494 e. The van der Waals surface area contributed by atoms with Gasteiger partial charge in [0.25, 0.3) is 0 Å². The molecule has 1 saturated carbocycles. The molecular formula is C41H52N4O7. The molecule has 1 aliphatic carbocycles. The van der Waals surface area contributed by atoms with Crippen LogP contribution in [-0.4, -0.2) is 60.3 Å². The average Bonchev–Trinajstić information content (AvgIpc) is 3.16. The fraction of sp³-hybridized carbons (Fsp3) is 0.463. The van der Waals surface area contributed by atoms with Gasteiger partial charge in [-0.15, -0.1) is 0 Å². The molecule has 0 aromatic heterocycles. The second kappa shape index (κ2) is 19.6. The minimum atomic E-state index is -1.46. The van der Waals surface area contributed by atoms with Crippen LogP contribution in [-0.2, 0) is 38.7 Å². The monoisotopic (exact) mass is 712 g/mol. The molecule has 1 heterocycles. The molecule has 11 heteroatoms. The number of ether oxygens (including phenoxy) is 2. The number of carbonyl (C=O) groups is 4. The zero-order valence-electron chi connectivity index (χ0n) is 30.0. The number of aryl methyl sites for hydroxylation is 2. The van der Waals surface area contributed by atoms with Gasteiger partial charge in [-0.05, 0) is 98.2 Å². The van der Waals surface area contributed by atoms with Gasteiger partial charge in [-0.3, -0.25) is 14.4 Å². The number of aliphatic carboxylic acids is 1. The maximum Gasteiger partial charge on any atom is 0.408 e. The highest BCUT2D eigenvalue weighted by Crippen LogP contribution is 2.34. The summed E-state index contributed by atoms with van der Waals surface area (Å²) in [5.74, 6) is -0.391. The second-order valence-corrected chi connectivity index (χ2v) is 14.0. The molecule has 2 aliphatic rings. The van der Waals surface area contributed by atoms with Crippen molar-refractivity contribution in [3.8, 4) is 5.75 Å². The number of carboxylic acid groups (broad SMARTS) is 1. The predicted molar refractivity (Wildman–Crippen MR) is 197 cm³/mol. The SMILES string of the molecule is Cc1ccc(OCCC2CNC3CCCCC3C2)cc1CNC(=O)[C@H](CCc1ccccc1)NC(=O)[C@H](CC(=O)O)NC(=O)OCc1ccccc1. The van der Waals surface area contributed by atoms with Gasteiger partial charge in [-0.25, -0.2) is 4.79 Å². The van der Waals surface area contributed by atoms with E-state index in [0.29, 0.717) is 25.0 Å². The van der Waals surface area contributed by atoms with Gasteiger partial charge in [-0.1, -0.05) is 79.6 Å². The van der Waals surface area contributed by atoms with Crippen LogP contribution in [0.1, 0.15) is 73.6 Å². The van der Waals surface area contributed by atoms with Gasteiger partial charge in [0.2, 0.25) is 11.8 Å². The Labute approximate surface area is 306 Å². The Balaban J connectivity index is 1.17. The summed E-state index contributed by atoms with van der Waals surface area (Å²) in [5, 5.41) is 21.3. The topological polar surface area (TPSA) is 155 Å². The van der Waals surface area contributed by atoms with Gasteiger partial charge < -0.3 is 35.8 Å². The number of carbonyl (C=O) groups excluding carboxylic acids is 3. The molecule has 3 aromatic carbocycles. The Morgan fingerprint density at radius 3 is 2.37 bits per heavy atom. The van der Waals surface area contributed by atoms with Crippen LogP contribution in [0.4, 0.5) is 4.79 Å². The molecule has 5 N–H and O–H groups in total. The minimum absolute atomic E-state index is 0.0549. The molecule has 2 fully saturated rings. The summed E-state index contributed by atoms with van der Waals surface area (Å²) in [4.78, 5) is 51.3. The third-order valence-corrected chi connectivity index (χ3v) is 10.2. The van der Waals surface area contributed by atoms with Crippen LogP contribution in [0.3, 0.4) is 0 Å². The van der Waals surface area contributed by atoms with Crippen molar-refractivity contribution < 1.29 is 33.8 Å². The van der Waals surface area contributed by atoms with Gasteiger partial charge >= 0.3 is 12.1 Å². The van der Waals surface area contributed by atoms with Crippen molar-refractivity contribution in [2.45, 2.75) is 96.0 Å². The van der Waals surface area contributed by atoms with Crippen molar-refractivity contribution in [1.82, 2.24) is 21.3 Å². The zero-order valence-corrected chi connectivity index (χ0v) is 30.0. The molecular weight excluding hydrogens is 660 g/mol. The van der Waals surface area contributed by atoms with Crippen LogP contribution in [0, 0.1) is 18.8 Å². The van der Waals surface area contributed by atoms with E-state index in [-0.39, 0.29) is 19.6 Å². The summed E-state index contributed by atoms with van der Waals surface area (Å²) in [6, 6.07) is 22.6. The smallest absolute Gasteiger partial charge is 0.408 e. The number of hydrogen-bond donors (Lipinski definition) is 5. The first-order valence-corrected chi connectivity index (χ1v) is 18.5. The Morgan fingerprint density at radius 1 is 0.885 bits per heavy atom. The van der Waals surface area contributed by atoms with E-state index in [1.165, 1.54) is 32.1 Å². The summed E-state index contributed by atoms with van der Waals surface area (Å²) in [6.07, 6.45) is 6.64. The molecule has 0 radical (unpaired) electrons. The zero-order chi connectivity index (χ0) is 36.7. The number of fused-ring (bicyclic) bond motifs is 1. The van der Waals surface area contributed by atoms with Crippen LogP contribution in [0.15, 0.2) is 78.9 Å². The molecule has 0 bridgehead atoms. The minimum Gasteiger partial charge on any atom is -0.494 e. The van der Waals surface area contributed by atoms with Crippen molar-refractivity contribution in [3.63, 3.8) is 0 Å². The Bertz CT molecular complexity index is 1620. The van der Waals surface area contributed by atoms with E-state index < -0.39 is 42.4 Å². The lowest BCUT2D eigenvalue weighted by Crippen LogP contribution is -2.54. The summed E-state index contributed by atoms with van der Waals surface area (Å²) in [5.41, 5.74) is 3.57. The highest BCUT2D eigenvalue weighted by atomic mass is 16.5. The lowest BCUT2D eigenvalue weighted by Gasteiger charge is -2.40. The molecule has 1 aliphatic heterocycles. The number of hydrogen-bond acceptors (Lipinski definition) is 7. The first-order chi connectivity index (χ1) is 25.2. The highest BCUT2D eigenvalue weighted by molar-refractivity contribution is 5.93. The second-order valence-electron chi connectivity index (χ2n) is 14.0. The van der Waals surface area contributed by atoms with E-state index in [1.54, 1.807) is 24.3 Å². The number of piperidine rings is 1. The van der Waals surface area contributed by atoms with Crippen molar-refractivity contribution in [2.75, 3.05) is 13.2 Å². The third kappa shape index (κ3) is 12.1. The van der Waals surface area contributed by atoms with Crippen LogP contribution < -0.4 is 26.0 Å². The maximum atomic E-state index is 13.7. The summed E-state index contributed by atoms with van der Waals surface area (Å²) in [6.45, 7) is 3.78. The van der Waals surface area contributed by atoms with Gasteiger partial charge in [-0.2, -0.15) is 0 Å². The van der Waals surface area contributed by atoms with Crippen LogP contribution in [0.25, 0.3) is 0 Å². The molecule has 11 nitrogen and oxygen atoms in total. The first kappa shape index (κ1) is 38.3. The molecule has 0 spiro atoms. The fourth-order valence-corrected chi connectivity index (χ4v) is 7.17. The number of amides is 3. The van der Waals surface area contributed by atoms with Crippen LogP contribution >= 0.6 is 0 Å². The lowest BCUT2D eigenvalue weighted by atomic mass is 9.75. The van der Waals surface area contributed by atoms with E-state index in [1.807, 2.05) is 61.5 Å². The maximum absolute atomic E-state index is 13.7. The van der Waals surface area contributed by atoms with Crippen molar-refractivity contribution in [2.24, 2.45) is 11.8 Å². The molecule has 3 aromatic rings. The van der Waals surface area contributed by atoms with Crippen LogP contribution in [0.5, 0.6) is 5.75 Å². The molecule has 5 rings (SSSR count). The van der Waals surface area contributed by atoms with Gasteiger partial charge in [0.15, 0.2) is 0 Å². The van der Waals surface area contributed by atoms with E-state index in [0.717, 1.165) is 46.9 Å².